The highest BCUT2D eigenvalue weighted by Gasteiger charge is 2.31. The Bertz CT molecular complexity index is 364. The van der Waals surface area contributed by atoms with Crippen molar-refractivity contribution in [1.82, 2.24) is 10.3 Å². The molecule has 16 heavy (non-hydrogen) atoms. The predicted octanol–water partition coefficient (Wildman–Crippen LogP) is 1.18. The van der Waals surface area contributed by atoms with E-state index in [2.05, 4.69) is 24.1 Å². The Morgan fingerprint density at radius 3 is 2.94 bits per heavy atom. The van der Waals surface area contributed by atoms with Gasteiger partial charge in [-0.15, -0.1) is 0 Å². The summed E-state index contributed by atoms with van der Waals surface area (Å²) in [6, 6.07) is 6.28. The van der Waals surface area contributed by atoms with Crippen molar-refractivity contribution < 1.29 is 4.79 Å². The SMILES string of the molecule is CC(C)NC1CC(=O)N(c2ccccn2)C1. The molecule has 1 aromatic rings. The Hall–Kier alpha value is -1.42. The molecule has 1 N–H and O–H groups in total. The number of carbonyl (C=O) groups is 1. The van der Waals surface area contributed by atoms with Gasteiger partial charge in [0.2, 0.25) is 5.91 Å². The number of carbonyl (C=O) groups excluding carboxylic acids is 1. The number of amides is 1. The Balaban J connectivity index is 2.06. The molecule has 1 unspecified atom stereocenters. The molecule has 1 amide bonds. The molecule has 1 aliphatic rings. The van der Waals surface area contributed by atoms with Gasteiger partial charge in [-0.2, -0.15) is 0 Å². The smallest absolute Gasteiger partial charge is 0.229 e. The number of rotatable bonds is 3. The summed E-state index contributed by atoms with van der Waals surface area (Å²) < 4.78 is 0. The normalized spacial score (nSPS) is 20.8. The van der Waals surface area contributed by atoms with Crippen LogP contribution in [0, 0.1) is 0 Å². The zero-order valence-corrected chi connectivity index (χ0v) is 9.68. The van der Waals surface area contributed by atoms with E-state index in [4.69, 9.17) is 0 Å². The van der Waals surface area contributed by atoms with E-state index in [1.807, 2.05) is 18.2 Å². The molecule has 0 aromatic carbocycles. The van der Waals surface area contributed by atoms with Gasteiger partial charge in [-0.3, -0.25) is 9.69 Å². The molecule has 1 fully saturated rings. The van der Waals surface area contributed by atoms with Crippen LogP contribution in [0.1, 0.15) is 20.3 Å². The standard InChI is InChI=1S/C12H17N3O/c1-9(2)14-10-7-12(16)15(8-10)11-5-3-4-6-13-11/h3-6,9-10,14H,7-8H2,1-2H3. The van der Waals surface area contributed by atoms with Gasteiger partial charge in [0.15, 0.2) is 0 Å². The van der Waals surface area contributed by atoms with E-state index < -0.39 is 0 Å². The van der Waals surface area contributed by atoms with Crippen molar-refractivity contribution in [3.05, 3.63) is 24.4 Å². The molecule has 0 bridgehead atoms. The van der Waals surface area contributed by atoms with E-state index in [0.717, 1.165) is 5.82 Å². The third-order valence-corrected chi connectivity index (χ3v) is 2.62. The number of nitrogens with one attached hydrogen (secondary N) is 1. The molecule has 0 aliphatic carbocycles. The topological polar surface area (TPSA) is 45.2 Å². The highest BCUT2D eigenvalue weighted by Crippen LogP contribution is 2.18. The number of hydrogen-bond donors (Lipinski definition) is 1. The summed E-state index contributed by atoms with van der Waals surface area (Å²) in [5, 5.41) is 3.38. The Morgan fingerprint density at radius 1 is 1.50 bits per heavy atom. The molecule has 0 saturated carbocycles. The first-order valence-corrected chi connectivity index (χ1v) is 5.64. The van der Waals surface area contributed by atoms with Crippen molar-refractivity contribution in [1.29, 1.82) is 0 Å². The van der Waals surface area contributed by atoms with Crippen molar-refractivity contribution in [2.75, 3.05) is 11.4 Å². The van der Waals surface area contributed by atoms with Gasteiger partial charge >= 0.3 is 0 Å². The van der Waals surface area contributed by atoms with E-state index in [9.17, 15) is 4.79 Å². The summed E-state index contributed by atoms with van der Waals surface area (Å²) in [6.45, 7) is 4.90. The monoisotopic (exact) mass is 219 g/mol. The molecule has 2 rings (SSSR count). The molecule has 86 valence electrons. The van der Waals surface area contributed by atoms with Crippen LogP contribution in [0.3, 0.4) is 0 Å². The second-order valence-electron chi connectivity index (χ2n) is 4.41. The van der Waals surface area contributed by atoms with Crippen LogP contribution >= 0.6 is 0 Å². The molecular formula is C12H17N3O. The van der Waals surface area contributed by atoms with Crippen LogP contribution in [-0.4, -0.2) is 29.5 Å². The van der Waals surface area contributed by atoms with Crippen molar-refractivity contribution in [2.45, 2.75) is 32.4 Å². The number of pyridine rings is 1. The van der Waals surface area contributed by atoms with Gasteiger partial charge in [-0.05, 0) is 12.1 Å². The van der Waals surface area contributed by atoms with Crippen LogP contribution < -0.4 is 10.2 Å². The largest absolute Gasteiger partial charge is 0.309 e. The highest BCUT2D eigenvalue weighted by atomic mass is 16.2. The maximum Gasteiger partial charge on any atom is 0.229 e. The molecule has 1 atom stereocenters. The van der Waals surface area contributed by atoms with Crippen molar-refractivity contribution in [3.63, 3.8) is 0 Å². The second-order valence-corrected chi connectivity index (χ2v) is 4.41. The summed E-state index contributed by atoms with van der Waals surface area (Å²) in [5.74, 6) is 0.900. The van der Waals surface area contributed by atoms with Gasteiger partial charge in [0.05, 0.1) is 0 Å². The molecule has 1 aliphatic heterocycles. The van der Waals surface area contributed by atoms with Gasteiger partial charge in [0.25, 0.3) is 0 Å². The summed E-state index contributed by atoms with van der Waals surface area (Å²) in [4.78, 5) is 17.8. The first kappa shape index (κ1) is 11.1. The second kappa shape index (κ2) is 4.61. The van der Waals surface area contributed by atoms with Crippen LogP contribution in [0.4, 0.5) is 5.82 Å². The average Bonchev–Trinajstić information content (AvgIpc) is 2.60. The van der Waals surface area contributed by atoms with E-state index in [1.165, 1.54) is 0 Å². The van der Waals surface area contributed by atoms with E-state index >= 15 is 0 Å². The molecule has 4 heteroatoms. The minimum Gasteiger partial charge on any atom is -0.309 e. The molecule has 0 radical (unpaired) electrons. The summed E-state index contributed by atoms with van der Waals surface area (Å²) in [6.07, 6.45) is 2.28. The molecule has 1 saturated heterocycles. The molecule has 4 nitrogen and oxygen atoms in total. The van der Waals surface area contributed by atoms with Gasteiger partial charge in [-0.1, -0.05) is 19.9 Å². The fourth-order valence-corrected chi connectivity index (χ4v) is 2.03. The van der Waals surface area contributed by atoms with Crippen molar-refractivity contribution in [2.24, 2.45) is 0 Å². The van der Waals surface area contributed by atoms with Gasteiger partial charge in [0.1, 0.15) is 5.82 Å². The number of anilines is 1. The van der Waals surface area contributed by atoms with E-state index in [-0.39, 0.29) is 11.9 Å². The lowest BCUT2D eigenvalue weighted by atomic mass is 10.2. The molecule has 2 heterocycles. The number of aromatic nitrogens is 1. The van der Waals surface area contributed by atoms with Gasteiger partial charge in [0, 0.05) is 31.2 Å². The summed E-state index contributed by atoms with van der Waals surface area (Å²) >= 11 is 0. The first-order valence-electron chi connectivity index (χ1n) is 5.64. The van der Waals surface area contributed by atoms with Crippen LogP contribution in [0.25, 0.3) is 0 Å². The lowest BCUT2D eigenvalue weighted by Crippen LogP contribution is -2.37. The zero-order valence-electron chi connectivity index (χ0n) is 9.68. The van der Waals surface area contributed by atoms with Crippen LogP contribution in [0.15, 0.2) is 24.4 Å². The third-order valence-electron chi connectivity index (χ3n) is 2.62. The Morgan fingerprint density at radius 2 is 2.31 bits per heavy atom. The van der Waals surface area contributed by atoms with Crippen molar-refractivity contribution >= 4 is 11.7 Å². The fourth-order valence-electron chi connectivity index (χ4n) is 2.03. The lowest BCUT2D eigenvalue weighted by Gasteiger charge is -2.17. The molecular weight excluding hydrogens is 202 g/mol. The lowest BCUT2D eigenvalue weighted by molar-refractivity contribution is -0.117. The summed E-state index contributed by atoms with van der Waals surface area (Å²) in [5.41, 5.74) is 0. The maximum absolute atomic E-state index is 11.8. The summed E-state index contributed by atoms with van der Waals surface area (Å²) in [7, 11) is 0. The van der Waals surface area contributed by atoms with Crippen LogP contribution in [-0.2, 0) is 4.79 Å². The fraction of sp³-hybridized carbons (Fsp3) is 0.500. The minimum absolute atomic E-state index is 0.150. The van der Waals surface area contributed by atoms with Gasteiger partial charge < -0.3 is 5.32 Å². The predicted molar refractivity (Wildman–Crippen MR) is 63.3 cm³/mol. The molecule has 0 spiro atoms. The third kappa shape index (κ3) is 2.39. The van der Waals surface area contributed by atoms with Crippen LogP contribution in [0.5, 0.6) is 0 Å². The average molecular weight is 219 g/mol. The zero-order chi connectivity index (χ0) is 11.5. The highest BCUT2D eigenvalue weighted by molar-refractivity contribution is 5.95. The van der Waals surface area contributed by atoms with E-state index in [0.29, 0.717) is 19.0 Å². The molecule has 1 aromatic heterocycles. The Labute approximate surface area is 95.7 Å². The minimum atomic E-state index is 0.150. The van der Waals surface area contributed by atoms with E-state index in [1.54, 1.807) is 11.1 Å². The first-order chi connectivity index (χ1) is 7.66. The maximum atomic E-state index is 11.8. The Kier molecular flexibility index (Phi) is 3.19. The van der Waals surface area contributed by atoms with Gasteiger partial charge in [-0.25, -0.2) is 4.98 Å². The number of nitrogens with zero attached hydrogens (tertiary/aromatic N) is 2. The van der Waals surface area contributed by atoms with Crippen LogP contribution in [0.2, 0.25) is 0 Å². The quantitative estimate of drug-likeness (QED) is 0.830. The number of hydrogen-bond acceptors (Lipinski definition) is 3. The van der Waals surface area contributed by atoms with Crippen molar-refractivity contribution in [3.8, 4) is 0 Å².